The van der Waals surface area contributed by atoms with Crippen LogP contribution in [0.2, 0.25) is 0 Å². The first-order valence-electron chi connectivity index (χ1n) is 10.4. The second-order valence-corrected chi connectivity index (χ2v) is 8.09. The standard InChI is InChI=1S/C20H26N6O2/c1-2-25-18-17(19(27)23-20(25)28)26(11-13-6-5-7-13)16(22-18)10-14-12-24-9-4-3-8-15(24)21-14/h12-13H,2-11H2,1H3,(H,23,27,28). The number of aryl methyl sites for hydroxylation is 3. The molecule has 0 radical (unpaired) electrons. The van der Waals surface area contributed by atoms with Gasteiger partial charge >= 0.3 is 5.69 Å². The molecule has 0 unspecified atom stereocenters. The van der Waals surface area contributed by atoms with Crippen LogP contribution < -0.4 is 11.2 Å². The van der Waals surface area contributed by atoms with Gasteiger partial charge in [-0.25, -0.2) is 14.8 Å². The van der Waals surface area contributed by atoms with Crippen LogP contribution in [0.5, 0.6) is 0 Å². The smallest absolute Gasteiger partial charge is 0.330 e. The summed E-state index contributed by atoms with van der Waals surface area (Å²) in [6.07, 6.45) is 9.73. The molecule has 0 amide bonds. The fraction of sp³-hybridized carbons (Fsp3) is 0.600. The largest absolute Gasteiger partial charge is 0.335 e. The molecule has 0 spiro atoms. The number of nitrogens with zero attached hydrogens (tertiary/aromatic N) is 5. The van der Waals surface area contributed by atoms with Crippen LogP contribution in [0.3, 0.4) is 0 Å². The van der Waals surface area contributed by atoms with E-state index in [0.717, 1.165) is 36.9 Å². The third-order valence-corrected chi connectivity index (χ3v) is 6.24. The van der Waals surface area contributed by atoms with E-state index < -0.39 is 5.69 Å². The lowest BCUT2D eigenvalue weighted by atomic mass is 9.85. The van der Waals surface area contributed by atoms with Gasteiger partial charge in [-0.1, -0.05) is 6.42 Å². The Morgan fingerprint density at radius 1 is 1.14 bits per heavy atom. The van der Waals surface area contributed by atoms with Crippen LogP contribution >= 0.6 is 0 Å². The number of aromatic nitrogens is 6. The molecule has 0 aromatic carbocycles. The first-order valence-corrected chi connectivity index (χ1v) is 10.4. The molecule has 0 bridgehead atoms. The van der Waals surface area contributed by atoms with Crippen molar-refractivity contribution < 1.29 is 0 Å². The second-order valence-electron chi connectivity index (χ2n) is 8.09. The van der Waals surface area contributed by atoms with Gasteiger partial charge in [0, 0.05) is 38.7 Å². The molecule has 1 N–H and O–H groups in total. The molecule has 148 valence electrons. The summed E-state index contributed by atoms with van der Waals surface area (Å²) in [5.74, 6) is 2.55. The van der Waals surface area contributed by atoms with Crippen molar-refractivity contribution in [2.45, 2.75) is 71.5 Å². The van der Waals surface area contributed by atoms with Crippen LogP contribution in [0.4, 0.5) is 0 Å². The molecule has 1 aliphatic heterocycles. The summed E-state index contributed by atoms with van der Waals surface area (Å²) in [6.45, 7) is 4.18. The van der Waals surface area contributed by atoms with Gasteiger partial charge in [0.25, 0.3) is 5.56 Å². The number of nitrogens with one attached hydrogen (secondary N) is 1. The van der Waals surface area contributed by atoms with Gasteiger partial charge in [-0.3, -0.25) is 14.3 Å². The SMILES string of the molecule is CCn1c(=O)[nH]c(=O)c2c1nc(Cc1cn3c(n1)CCCC3)n2CC1CCC1. The Hall–Kier alpha value is -2.64. The van der Waals surface area contributed by atoms with Crippen molar-refractivity contribution in [3.8, 4) is 0 Å². The van der Waals surface area contributed by atoms with Crippen LogP contribution in [0.15, 0.2) is 15.8 Å². The summed E-state index contributed by atoms with van der Waals surface area (Å²) >= 11 is 0. The highest BCUT2D eigenvalue weighted by molar-refractivity contribution is 5.71. The monoisotopic (exact) mass is 382 g/mol. The van der Waals surface area contributed by atoms with Crippen LogP contribution in [-0.4, -0.2) is 28.7 Å². The maximum atomic E-state index is 12.7. The highest BCUT2D eigenvalue weighted by Crippen LogP contribution is 2.29. The van der Waals surface area contributed by atoms with Crippen molar-refractivity contribution in [2.24, 2.45) is 5.92 Å². The average Bonchev–Trinajstić information content (AvgIpc) is 3.19. The Balaban J connectivity index is 1.63. The fourth-order valence-electron chi connectivity index (χ4n) is 4.49. The molecule has 0 atom stereocenters. The Labute approximate surface area is 162 Å². The van der Waals surface area contributed by atoms with Gasteiger partial charge in [0.1, 0.15) is 11.6 Å². The van der Waals surface area contributed by atoms with E-state index in [4.69, 9.17) is 9.97 Å². The maximum Gasteiger partial charge on any atom is 0.330 e. The first kappa shape index (κ1) is 17.5. The topological polar surface area (TPSA) is 90.5 Å². The fourth-order valence-corrected chi connectivity index (χ4v) is 4.49. The van der Waals surface area contributed by atoms with E-state index in [0.29, 0.717) is 30.0 Å². The van der Waals surface area contributed by atoms with Crippen molar-refractivity contribution in [1.29, 1.82) is 0 Å². The lowest BCUT2D eigenvalue weighted by Gasteiger charge is -2.26. The summed E-state index contributed by atoms with van der Waals surface area (Å²) in [6, 6.07) is 0. The van der Waals surface area contributed by atoms with Crippen LogP contribution in [0.25, 0.3) is 11.2 Å². The van der Waals surface area contributed by atoms with Gasteiger partial charge in [0.2, 0.25) is 0 Å². The minimum Gasteiger partial charge on any atom is -0.335 e. The Kier molecular flexibility index (Phi) is 4.21. The van der Waals surface area contributed by atoms with Crippen molar-refractivity contribution in [3.05, 3.63) is 44.4 Å². The zero-order chi connectivity index (χ0) is 19.3. The summed E-state index contributed by atoms with van der Waals surface area (Å²) < 4.78 is 5.84. The molecule has 8 nitrogen and oxygen atoms in total. The number of fused-ring (bicyclic) bond motifs is 2. The lowest BCUT2D eigenvalue weighted by molar-refractivity contribution is 0.277. The molecule has 3 aromatic heterocycles. The molecular formula is C20H26N6O2. The quantitative estimate of drug-likeness (QED) is 0.729. The molecule has 3 aromatic rings. The number of hydrogen-bond donors (Lipinski definition) is 1. The number of hydrogen-bond acceptors (Lipinski definition) is 4. The average molecular weight is 382 g/mol. The molecular weight excluding hydrogens is 356 g/mol. The van der Waals surface area contributed by atoms with E-state index in [9.17, 15) is 9.59 Å². The highest BCUT2D eigenvalue weighted by Gasteiger charge is 2.24. The Morgan fingerprint density at radius 2 is 2.00 bits per heavy atom. The van der Waals surface area contributed by atoms with Gasteiger partial charge < -0.3 is 9.13 Å². The van der Waals surface area contributed by atoms with Crippen LogP contribution in [0, 0.1) is 5.92 Å². The first-order chi connectivity index (χ1) is 13.6. The number of imidazole rings is 2. The molecule has 0 saturated heterocycles. The predicted molar refractivity (Wildman–Crippen MR) is 106 cm³/mol. The van der Waals surface area contributed by atoms with Gasteiger partial charge in [-0.2, -0.15) is 0 Å². The molecule has 1 fully saturated rings. The Morgan fingerprint density at radius 3 is 2.71 bits per heavy atom. The molecule has 28 heavy (non-hydrogen) atoms. The summed E-state index contributed by atoms with van der Waals surface area (Å²) in [5.41, 5.74) is 1.27. The van der Waals surface area contributed by atoms with Gasteiger partial charge in [-0.15, -0.1) is 0 Å². The predicted octanol–water partition coefficient (Wildman–Crippen LogP) is 1.83. The number of rotatable bonds is 5. The molecule has 4 heterocycles. The van der Waals surface area contributed by atoms with Crippen LogP contribution in [-0.2, 0) is 32.5 Å². The highest BCUT2D eigenvalue weighted by atomic mass is 16.2. The number of aromatic amines is 1. The second kappa shape index (κ2) is 6.76. The van der Waals surface area contributed by atoms with Crippen molar-refractivity contribution >= 4 is 11.2 Å². The molecule has 2 aliphatic rings. The van der Waals surface area contributed by atoms with E-state index in [-0.39, 0.29) is 5.56 Å². The zero-order valence-corrected chi connectivity index (χ0v) is 16.3. The van der Waals surface area contributed by atoms with Crippen molar-refractivity contribution in [2.75, 3.05) is 0 Å². The summed E-state index contributed by atoms with van der Waals surface area (Å²) in [7, 11) is 0. The van der Waals surface area contributed by atoms with Crippen LogP contribution in [0.1, 0.15) is 56.4 Å². The zero-order valence-electron chi connectivity index (χ0n) is 16.3. The minimum atomic E-state index is -0.391. The number of H-pyrrole nitrogens is 1. The van der Waals surface area contributed by atoms with E-state index in [2.05, 4.69) is 15.7 Å². The maximum absolute atomic E-state index is 12.7. The van der Waals surface area contributed by atoms with E-state index in [1.54, 1.807) is 4.57 Å². The summed E-state index contributed by atoms with van der Waals surface area (Å²) in [5, 5.41) is 0. The minimum absolute atomic E-state index is 0.341. The van der Waals surface area contributed by atoms with E-state index in [1.807, 2.05) is 11.5 Å². The normalized spacial score (nSPS) is 17.0. The van der Waals surface area contributed by atoms with E-state index in [1.165, 1.54) is 32.1 Å². The van der Waals surface area contributed by atoms with Gasteiger partial charge in [0.15, 0.2) is 11.2 Å². The van der Waals surface area contributed by atoms with Crippen molar-refractivity contribution in [1.82, 2.24) is 28.7 Å². The third kappa shape index (κ3) is 2.82. The van der Waals surface area contributed by atoms with Gasteiger partial charge in [-0.05, 0) is 38.5 Å². The van der Waals surface area contributed by atoms with E-state index >= 15 is 0 Å². The summed E-state index contributed by atoms with van der Waals surface area (Å²) in [4.78, 5) is 36.9. The van der Waals surface area contributed by atoms with Gasteiger partial charge in [0.05, 0.1) is 5.69 Å². The Bertz CT molecular complexity index is 1120. The lowest BCUT2D eigenvalue weighted by Crippen LogP contribution is -2.31. The van der Waals surface area contributed by atoms with Crippen molar-refractivity contribution in [3.63, 3.8) is 0 Å². The molecule has 8 heteroatoms. The molecule has 1 saturated carbocycles. The molecule has 5 rings (SSSR count). The third-order valence-electron chi connectivity index (χ3n) is 6.24. The molecule has 1 aliphatic carbocycles.